The lowest BCUT2D eigenvalue weighted by atomic mass is 9.97. The van der Waals surface area contributed by atoms with Crippen LogP contribution in [0.2, 0.25) is 5.02 Å². The second-order valence-electron chi connectivity index (χ2n) is 6.23. The predicted molar refractivity (Wildman–Crippen MR) is 99.7 cm³/mol. The van der Waals surface area contributed by atoms with Gasteiger partial charge in [-0.3, -0.25) is 0 Å². The highest BCUT2D eigenvalue weighted by molar-refractivity contribution is 6.30. The van der Waals surface area contributed by atoms with Crippen LogP contribution >= 0.6 is 11.6 Å². The number of rotatable bonds is 5. The van der Waals surface area contributed by atoms with E-state index in [2.05, 4.69) is 26.5 Å². The van der Waals surface area contributed by atoms with Gasteiger partial charge >= 0.3 is 0 Å². The topological polar surface area (TPSA) is 63.8 Å². The fourth-order valence-corrected chi connectivity index (χ4v) is 3.42. The Hall–Kier alpha value is -2.40. The van der Waals surface area contributed by atoms with E-state index in [0.29, 0.717) is 16.4 Å². The lowest BCUT2D eigenvalue weighted by Gasteiger charge is -2.13. The van der Waals surface area contributed by atoms with Crippen LogP contribution in [-0.2, 0) is 0 Å². The Morgan fingerprint density at radius 3 is 3.00 bits per heavy atom. The second kappa shape index (κ2) is 7.23. The van der Waals surface area contributed by atoms with Gasteiger partial charge in [-0.2, -0.15) is 4.98 Å². The fraction of sp³-hybridized carbons (Fsp3) is 0.316. The summed E-state index contributed by atoms with van der Waals surface area (Å²) in [7, 11) is 0. The van der Waals surface area contributed by atoms with Crippen molar-refractivity contribution >= 4 is 28.5 Å². The second-order valence-corrected chi connectivity index (χ2v) is 6.67. The minimum atomic E-state index is 0.476. The first-order valence-corrected chi connectivity index (χ1v) is 8.97. The maximum Gasteiger partial charge on any atom is 0.263 e. The molecule has 6 heteroatoms. The third-order valence-electron chi connectivity index (χ3n) is 4.49. The van der Waals surface area contributed by atoms with Gasteiger partial charge in [-0.1, -0.05) is 40.5 Å². The van der Waals surface area contributed by atoms with Crippen molar-refractivity contribution in [2.45, 2.75) is 32.1 Å². The number of halogens is 1. The smallest absolute Gasteiger partial charge is 0.263 e. The summed E-state index contributed by atoms with van der Waals surface area (Å²) in [6.45, 7) is 0.831. The van der Waals surface area contributed by atoms with Crippen LogP contribution in [0.5, 0.6) is 0 Å². The largest absolute Gasteiger partial charge is 0.369 e. The summed E-state index contributed by atoms with van der Waals surface area (Å²) in [4.78, 5) is 8.58. The molecular weight excluding hydrogens is 336 g/mol. The summed E-state index contributed by atoms with van der Waals surface area (Å²) in [6, 6.07) is 7.54. The molecule has 25 heavy (non-hydrogen) atoms. The summed E-state index contributed by atoms with van der Waals surface area (Å²) >= 11 is 6.11. The van der Waals surface area contributed by atoms with Crippen LogP contribution in [0, 0.1) is 0 Å². The zero-order valence-electron chi connectivity index (χ0n) is 13.8. The average Bonchev–Trinajstić information content (AvgIpc) is 3.08. The summed E-state index contributed by atoms with van der Waals surface area (Å²) < 4.78 is 5.38. The van der Waals surface area contributed by atoms with E-state index in [0.717, 1.165) is 29.7 Å². The summed E-state index contributed by atoms with van der Waals surface area (Å²) in [5.74, 6) is 0.748. The third kappa shape index (κ3) is 3.51. The molecule has 128 valence electrons. The maximum absolute atomic E-state index is 6.11. The van der Waals surface area contributed by atoms with Crippen LogP contribution in [0.15, 0.2) is 46.8 Å². The first-order valence-electron chi connectivity index (χ1n) is 8.59. The standard InChI is InChI=1S/C19H19ClN4O/c20-15-8-4-7-14(11-15)17-16-18(22-12-23-19(16)25-24-17)21-10-9-13-5-2-1-3-6-13/h4-5,7-8,11-12H,1-3,6,9-10H2,(H,21,22,23). The molecule has 4 rings (SSSR count). The molecule has 0 fully saturated rings. The molecule has 0 amide bonds. The molecule has 2 heterocycles. The molecule has 0 aliphatic heterocycles. The van der Waals surface area contributed by atoms with Crippen LogP contribution in [-0.4, -0.2) is 21.7 Å². The molecule has 0 bridgehead atoms. The molecule has 3 aromatic rings. The molecule has 0 spiro atoms. The van der Waals surface area contributed by atoms with Crippen LogP contribution in [0.4, 0.5) is 5.82 Å². The van der Waals surface area contributed by atoms with Gasteiger partial charge in [0.05, 0.1) is 0 Å². The highest BCUT2D eigenvalue weighted by atomic mass is 35.5. The van der Waals surface area contributed by atoms with Crippen molar-refractivity contribution in [3.05, 3.63) is 47.3 Å². The monoisotopic (exact) mass is 354 g/mol. The SMILES string of the molecule is Clc1cccc(-c2noc3ncnc(NCCC4=CCCCC4)c23)c1. The number of fused-ring (bicyclic) bond motifs is 1. The Bertz CT molecular complexity index is 919. The molecule has 0 radical (unpaired) electrons. The van der Waals surface area contributed by atoms with Crippen molar-refractivity contribution in [3.8, 4) is 11.3 Å². The number of nitrogens with one attached hydrogen (secondary N) is 1. The zero-order chi connectivity index (χ0) is 17.1. The van der Waals surface area contributed by atoms with Crippen LogP contribution in [0.25, 0.3) is 22.4 Å². The van der Waals surface area contributed by atoms with E-state index >= 15 is 0 Å². The summed E-state index contributed by atoms with van der Waals surface area (Å²) in [6.07, 6.45) is 9.93. The Labute approximate surface area is 151 Å². The van der Waals surface area contributed by atoms with Gasteiger partial charge in [-0.05, 0) is 44.2 Å². The molecule has 5 nitrogen and oxygen atoms in total. The minimum absolute atomic E-state index is 0.476. The number of hydrogen-bond donors (Lipinski definition) is 1. The molecule has 0 saturated heterocycles. The quantitative estimate of drug-likeness (QED) is 0.635. The lowest BCUT2D eigenvalue weighted by Crippen LogP contribution is -2.06. The van der Waals surface area contributed by atoms with Gasteiger partial charge in [0, 0.05) is 17.1 Å². The van der Waals surface area contributed by atoms with Crippen LogP contribution in [0.1, 0.15) is 32.1 Å². The molecular formula is C19H19ClN4O. The molecule has 0 atom stereocenters. The van der Waals surface area contributed by atoms with E-state index < -0.39 is 0 Å². The summed E-state index contributed by atoms with van der Waals surface area (Å²) in [5, 5.41) is 9.05. The Balaban J connectivity index is 1.60. The van der Waals surface area contributed by atoms with Gasteiger partial charge in [0.25, 0.3) is 5.71 Å². The lowest BCUT2D eigenvalue weighted by molar-refractivity contribution is 0.451. The maximum atomic E-state index is 6.11. The van der Waals surface area contributed by atoms with Crippen LogP contribution in [0.3, 0.4) is 0 Å². The molecule has 1 aromatic carbocycles. The number of aromatic nitrogens is 3. The van der Waals surface area contributed by atoms with Crippen molar-refractivity contribution in [3.63, 3.8) is 0 Å². The van der Waals surface area contributed by atoms with Crippen molar-refractivity contribution in [2.24, 2.45) is 0 Å². The van der Waals surface area contributed by atoms with E-state index in [1.54, 1.807) is 0 Å². The highest BCUT2D eigenvalue weighted by Crippen LogP contribution is 2.32. The fourth-order valence-electron chi connectivity index (χ4n) is 3.23. The highest BCUT2D eigenvalue weighted by Gasteiger charge is 2.17. The van der Waals surface area contributed by atoms with Crippen LogP contribution < -0.4 is 5.32 Å². The summed E-state index contributed by atoms with van der Waals surface area (Å²) in [5.41, 5.74) is 3.60. The van der Waals surface area contributed by atoms with E-state index in [-0.39, 0.29) is 0 Å². The molecule has 0 unspecified atom stereocenters. The number of nitrogens with zero attached hydrogens (tertiary/aromatic N) is 3. The number of hydrogen-bond acceptors (Lipinski definition) is 5. The van der Waals surface area contributed by atoms with E-state index in [9.17, 15) is 0 Å². The van der Waals surface area contributed by atoms with Crippen molar-refractivity contribution < 1.29 is 4.52 Å². The Kier molecular flexibility index (Phi) is 4.65. The molecule has 2 aromatic heterocycles. The van der Waals surface area contributed by atoms with Crippen molar-refractivity contribution in [1.82, 2.24) is 15.1 Å². The normalized spacial score (nSPS) is 14.5. The first-order chi connectivity index (χ1) is 12.3. The molecule has 0 saturated carbocycles. The number of benzene rings is 1. The van der Waals surface area contributed by atoms with E-state index in [1.807, 2.05) is 24.3 Å². The Morgan fingerprint density at radius 2 is 2.16 bits per heavy atom. The van der Waals surface area contributed by atoms with Gasteiger partial charge in [0.1, 0.15) is 23.2 Å². The van der Waals surface area contributed by atoms with Gasteiger partial charge in [-0.25, -0.2) is 4.98 Å². The van der Waals surface area contributed by atoms with Gasteiger partial charge in [0.2, 0.25) is 0 Å². The van der Waals surface area contributed by atoms with Gasteiger partial charge < -0.3 is 9.84 Å². The third-order valence-corrected chi connectivity index (χ3v) is 4.73. The molecule has 1 aliphatic rings. The number of anilines is 1. The van der Waals surface area contributed by atoms with Crippen molar-refractivity contribution in [1.29, 1.82) is 0 Å². The number of allylic oxidation sites excluding steroid dienone is 1. The first kappa shape index (κ1) is 16.1. The van der Waals surface area contributed by atoms with Gasteiger partial charge in [0.15, 0.2) is 0 Å². The van der Waals surface area contributed by atoms with Gasteiger partial charge in [-0.15, -0.1) is 0 Å². The zero-order valence-corrected chi connectivity index (χ0v) is 14.6. The van der Waals surface area contributed by atoms with E-state index in [1.165, 1.54) is 37.6 Å². The van der Waals surface area contributed by atoms with Crippen molar-refractivity contribution in [2.75, 3.05) is 11.9 Å². The predicted octanol–water partition coefficient (Wildman–Crippen LogP) is 5.24. The Morgan fingerprint density at radius 1 is 1.20 bits per heavy atom. The molecule has 1 aliphatic carbocycles. The van der Waals surface area contributed by atoms with E-state index in [4.69, 9.17) is 16.1 Å². The minimum Gasteiger partial charge on any atom is -0.369 e. The molecule has 1 N–H and O–H groups in total. The average molecular weight is 355 g/mol.